The molecule has 19 heteroatoms. The van der Waals surface area contributed by atoms with Crippen molar-refractivity contribution in [3.05, 3.63) is 0 Å². The van der Waals surface area contributed by atoms with Crippen LogP contribution in [0.1, 0.15) is 110 Å². The van der Waals surface area contributed by atoms with Gasteiger partial charge >= 0.3 is 9.28 Å². The topological polar surface area (TPSA) is 83.1 Å². The van der Waals surface area contributed by atoms with E-state index in [2.05, 4.69) is 26.6 Å². The van der Waals surface area contributed by atoms with Crippen molar-refractivity contribution in [2.75, 3.05) is 0 Å². The van der Waals surface area contributed by atoms with Gasteiger partial charge in [0.15, 0.2) is 8.32 Å². The lowest BCUT2D eigenvalue weighted by atomic mass is 10.0. The van der Waals surface area contributed by atoms with E-state index in [1.54, 1.807) is 0 Å². The standard InChI is InChI=1S/C21H64O9Si10/c1-5-6-7-8-9-10-11-12-13-14-15-16-17-18-19-20-21-39(30-40(2,3)4)29-38-28-37-27-36-26-35-25-34-24-33-23-32-22-31/h39H,5-21,32-38H2,1-4,31H3. The van der Waals surface area contributed by atoms with Crippen LogP contribution in [0, 0.1) is 0 Å². The Hall–Kier alpha value is 1.81. The van der Waals surface area contributed by atoms with Crippen LogP contribution in [-0.4, -0.2) is 98.1 Å². The number of rotatable bonds is 34. The van der Waals surface area contributed by atoms with E-state index in [0.29, 0.717) is 0 Å². The van der Waals surface area contributed by atoms with E-state index in [0.717, 1.165) is 16.5 Å². The zero-order valence-electron chi connectivity index (χ0n) is 26.7. The summed E-state index contributed by atoms with van der Waals surface area (Å²) in [5.74, 6) is 0. The van der Waals surface area contributed by atoms with Crippen LogP contribution in [0.15, 0.2) is 0 Å². The van der Waals surface area contributed by atoms with Crippen LogP contribution < -0.4 is 0 Å². The lowest BCUT2D eigenvalue weighted by Gasteiger charge is -2.25. The van der Waals surface area contributed by atoms with Crippen molar-refractivity contribution in [2.24, 2.45) is 0 Å². The van der Waals surface area contributed by atoms with Crippen molar-refractivity contribution >= 4 is 98.1 Å². The first-order valence-electron chi connectivity index (χ1n) is 15.7. The molecular weight excluding hydrogens is 677 g/mol. The molecule has 0 spiro atoms. The van der Waals surface area contributed by atoms with Gasteiger partial charge in [0, 0.05) is 0 Å². The first kappa shape index (κ1) is 41.8. The molecule has 0 aliphatic carbocycles. The molecule has 0 N–H and O–H groups in total. The zero-order chi connectivity index (χ0) is 29.4. The predicted octanol–water partition coefficient (Wildman–Crippen LogP) is -0.275. The summed E-state index contributed by atoms with van der Waals surface area (Å²) >= 11 is 0. The van der Waals surface area contributed by atoms with Crippen LogP contribution in [0.2, 0.25) is 25.7 Å². The normalized spacial score (nSPS) is 15.0. The third-order valence-corrected chi connectivity index (χ3v) is 21.9. The molecule has 0 aliphatic rings. The van der Waals surface area contributed by atoms with Gasteiger partial charge in [-0.25, -0.2) is 0 Å². The lowest BCUT2D eigenvalue weighted by molar-refractivity contribution is 0.356. The molecule has 0 aromatic carbocycles. The molecule has 0 saturated heterocycles. The monoisotopic (exact) mass is 740 g/mol. The minimum atomic E-state index is -1.63. The van der Waals surface area contributed by atoms with Gasteiger partial charge in [0.2, 0.25) is 0 Å². The van der Waals surface area contributed by atoms with Crippen LogP contribution in [0.3, 0.4) is 0 Å². The Balaban J connectivity index is 3.58. The summed E-state index contributed by atoms with van der Waals surface area (Å²) in [5.41, 5.74) is 0. The van der Waals surface area contributed by atoms with Crippen LogP contribution in [0.5, 0.6) is 0 Å². The van der Waals surface area contributed by atoms with Crippen molar-refractivity contribution in [1.29, 1.82) is 0 Å². The Kier molecular flexibility index (Phi) is 35.2. The molecule has 40 heavy (non-hydrogen) atoms. The highest BCUT2D eigenvalue weighted by molar-refractivity contribution is 6.76. The Bertz CT molecular complexity index is 502. The minimum absolute atomic E-state index is 0.753. The summed E-state index contributed by atoms with van der Waals surface area (Å²) in [6.07, 6.45) is 22.4. The van der Waals surface area contributed by atoms with Gasteiger partial charge in [-0.3, -0.25) is 0 Å². The van der Waals surface area contributed by atoms with E-state index in [1.165, 1.54) is 103 Å². The zero-order valence-corrected chi connectivity index (χ0v) is 40.8. The quantitative estimate of drug-likeness (QED) is 0.0655. The fourth-order valence-electron chi connectivity index (χ4n) is 4.14. The molecule has 0 aromatic rings. The summed E-state index contributed by atoms with van der Waals surface area (Å²) in [6.45, 7) is 9.06. The molecule has 0 amide bonds. The summed E-state index contributed by atoms with van der Waals surface area (Å²) in [5, 5.41) is 0. The molecule has 242 valence electrons. The number of hydrogen-bond donors (Lipinski definition) is 0. The summed E-state index contributed by atoms with van der Waals surface area (Å²) in [7, 11) is -8.98. The van der Waals surface area contributed by atoms with Gasteiger partial charge in [0.1, 0.15) is 10.5 Å². The molecule has 0 bridgehead atoms. The van der Waals surface area contributed by atoms with Crippen molar-refractivity contribution in [3.63, 3.8) is 0 Å². The van der Waals surface area contributed by atoms with Crippen LogP contribution in [0.25, 0.3) is 0 Å². The molecular formula is C21H64O9Si10. The molecule has 0 radical (unpaired) electrons. The van der Waals surface area contributed by atoms with Gasteiger partial charge in [-0.2, -0.15) is 0 Å². The SMILES string of the molecule is CCCCCCCCCCCCCCCCCC[SiH](O[SiH2]O[SiH2]O[SiH2]O[SiH2]O[SiH2]O[SiH2]O[SiH2]O[SiH3])O[Si](C)(C)C. The first-order valence-corrected chi connectivity index (χ1v) is 29.8. The van der Waals surface area contributed by atoms with Gasteiger partial charge in [0.25, 0.3) is 70.0 Å². The Morgan fingerprint density at radius 1 is 0.500 bits per heavy atom. The molecule has 9 nitrogen and oxygen atoms in total. The van der Waals surface area contributed by atoms with Crippen molar-refractivity contribution in [2.45, 2.75) is 135 Å². The average molecular weight is 742 g/mol. The van der Waals surface area contributed by atoms with Gasteiger partial charge < -0.3 is 37.0 Å². The summed E-state index contributed by atoms with van der Waals surface area (Å²) < 4.78 is 51.0. The second-order valence-corrected chi connectivity index (χ2v) is 33.0. The molecule has 1 unspecified atom stereocenters. The highest BCUT2D eigenvalue weighted by atomic mass is 28.4. The van der Waals surface area contributed by atoms with Crippen LogP contribution >= 0.6 is 0 Å². The fourth-order valence-corrected chi connectivity index (χ4v) is 23.3. The van der Waals surface area contributed by atoms with Crippen molar-refractivity contribution < 1.29 is 37.0 Å². The van der Waals surface area contributed by atoms with Gasteiger partial charge in [-0.1, -0.05) is 110 Å². The van der Waals surface area contributed by atoms with Crippen molar-refractivity contribution in [1.82, 2.24) is 0 Å². The fraction of sp³-hybridized carbons (Fsp3) is 1.00. The predicted molar refractivity (Wildman–Crippen MR) is 194 cm³/mol. The van der Waals surface area contributed by atoms with Gasteiger partial charge in [-0.15, -0.1) is 0 Å². The van der Waals surface area contributed by atoms with E-state index in [-0.39, 0.29) is 0 Å². The maximum Gasteiger partial charge on any atom is 0.301 e. The van der Waals surface area contributed by atoms with E-state index in [4.69, 9.17) is 37.0 Å². The Morgan fingerprint density at radius 2 is 0.850 bits per heavy atom. The van der Waals surface area contributed by atoms with Crippen molar-refractivity contribution in [3.8, 4) is 0 Å². The number of hydrogen-bond acceptors (Lipinski definition) is 9. The third-order valence-electron chi connectivity index (χ3n) is 6.15. The minimum Gasteiger partial charge on any atom is -0.449 e. The first-order chi connectivity index (χ1) is 19.5. The average Bonchev–Trinajstić information content (AvgIpc) is 2.92. The van der Waals surface area contributed by atoms with Gasteiger partial charge in [0.05, 0.1) is 0 Å². The largest absolute Gasteiger partial charge is 0.449 e. The molecule has 0 aliphatic heterocycles. The molecule has 0 heterocycles. The lowest BCUT2D eigenvalue weighted by Crippen LogP contribution is -2.38. The van der Waals surface area contributed by atoms with Crippen LogP contribution in [-0.2, 0) is 37.0 Å². The van der Waals surface area contributed by atoms with Crippen LogP contribution in [0.4, 0.5) is 0 Å². The molecule has 0 rings (SSSR count). The molecule has 1 atom stereocenters. The summed E-state index contributed by atoms with van der Waals surface area (Å²) in [4.78, 5) is 0. The second-order valence-electron chi connectivity index (χ2n) is 11.3. The Labute approximate surface area is 269 Å². The molecule has 0 saturated carbocycles. The maximum absolute atomic E-state index is 6.42. The second kappa shape index (κ2) is 33.7. The smallest absolute Gasteiger partial charge is 0.301 e. The van der Waals surface area contributed by atoms with E-state index < -0.39 is 87.6 Å². The third kappa shape index (κ3) is 36.0. The molecule has 0 aromatic heterocycles. The highest BCUT2D eigenvalue weighted by Crippen LogP contribution is 2.16. The Morgan fingerprint density at radius 3 is 1.23 bits per heavy atom. The van der Waals surface area contributed by atoms with Gasteiger partial charge in [-0.05, 0) is 25.7 Å². The van der Waals surface area contributed by atoms with E-state index >= 15 is 0 Å². The number of unbranched alkanes of at least 4 members (excludes halogenated alkanes) is 15. The maximum atomic E-state index is 6.42. The highest BCUT2D eigenvalue weighted by Gasteiger charge is 2.23. The van der Waals surface area contributed by atoms with E-state index in [9.17, 15) is 0 Å². The summed E-state index contributed by atoms with van der Waals surface area (Å²) in [6, 6.07) is 1.11. The van der Waals surface area contributed by atoms with E-state index in [1.807, 2.05) is 0 Å². The molecule has 0 fully saturated rings.